The van der Waals surface area contributed by atoms with Crippen LogP contribution in [0.2, 0.25) is 0 Å². The van der Waals surface area contributed by atoms with E-state index < -0.39 is 11.2 Å². The van der Waals surface area contributed by atoms with E-state index in [-0.39, 0.29) is 11.2 Å². The van der Waals surface area contributed by atoms with Crippen molar-refractivity contribution >= 4 is 54.4 Å². The van der Waals surface area contributed by atoms with E-state index in [2.05, 4.69) is 51.8 Å². The van der Waals surface area contributed by atoms with Gasteiger partial charge < -0.3 is 4.98 Å². The molecule has 0 saturated carbocycles. The Kier molecular flexibility index (Phi) is 2.76. The van der Waals surface area contributed by atoms with Gasteiger partial charge in [0.1, 0.15) is 5.52 Å². The van der Waals surface area contributed by atoms with Crippen molar-refractivity contribution in [1.82, 2.24) is 19.9 Å². The molecule has 0 amide bonds. The Morgan fingerprint density at radius 3 is 2.61 bits per heavy atom. The summed E-state index contributed by atoms with van der Waals surface area (Å²) in [5.41, 5.74) is -0.550. The van der Waals surface area contributed by atoms with Crippen LogP contribution in [0, 0.1) is 0 Å². The van der Waals surface area contributed by atoms with Crippen LogP contribution in [0.5, 0.6) is 0 Å². The number of fused-ring (bicyclic) bond motifs is 1. The van der Waals surface area contributed by atoms with Gasteiger partial charge in [0, 0.05) is 4.47 Å². The zero-order chi connectivity index (χ0) is 12.9. The van der Waals surface area contributed by atoms with Gasteiger partial charge in [0.15, 0.2) is 11.5 Å². The fourth-order valence-electron chi connectivity index (χ4n) is 1.51. The molecule has 0 spiro atoms. The van der Waals surface area contributed by atoms with Gasteiger partial charge in [0.25, 0.3) is 5.56 Å². The molecule has 0 saturated heterocycles. The molecule has 0 aliphatic carbocycles. The van der Waals surface area contributed by atoms with E-state index in [1.807, 2.05) is 6.07 Å². The molecular formula is C9H4Br2N4O2S. The minimum atomic E-state index is -0.570. The zero-order valence-corrected chi connectivity index (χ0v) is 12.5. The Morgan fingerprint density at radius 2 is 1.94 bits per heavy atom. The zero-order valence-electron chi connectivity index (χ0n) is 8.51. The second-order valence-corrected chi connectivity index (χ2v) is 6.67. The molecular weight excluding hydrogens is 388 g/mol. The number of nitrogens with one attached hydrogen (secondary N) is 3. The smallest absolute Gasteiger partial charge is 0.327 e. The molecule has 3 aromatic rings. The predicted molar refractivity (Wildman–Crippen MR) is 76.0 cm³/mol. The van der Waals surface area contributed by atoms with Crippen molar-refractivity contribution in [3.8, 4) is 10.7 Å². The van der Waals surface area contributed by atoms with Crippen LogP contribution in [-0.2, 0) is 0 Å². The fraction of sp³-hybridized carbons (Fsp3) is 0. The summed E-state index contributed by atoms with van der Waals surface area (Å²) in [6.07, 6.45) is 0. The number of rotatable bonds is 1. The number of H-pyrrole nitrogens is 3. The van der Waals surface area contributed by atoms with Crippen molar-refractivity contribution in [2.45, 2.75) is 0 Å². The van der Waals surface area contributed by atoms with Crippen LogP contribution in [0.3, 0.4) is 0 Å². The number of imidazole rings is 1. The lowest BCUT2D eigenvalue weighted by Crippen LogP contribution is -2.21. The molecule has 0 atom stereocenters. The number of halogens is 2. The van der Waals surface area contributed by atoms with Crippen LogP contribution in [0.4, 0.5) is 0 Å². The third kappa shape index (κ3) is 1.88. The lowest BCUT2D eigenvalue weighted by Gasteiger charge is -1.85. The number of hydrogen-bond donors (Lipinski definition) is 3. The molecule has 3 aromatic heterocycles. The molecule has 0 radical (unpaired) electrons. The van der Waals surface area contributed by atoms with Crippen molar-refractivity contribution in [3.05, 3.63) is 35.2 Å². The first-order valence-corrected chi connectivity index (χ1v) is 7.12. The van der Waals surface area contributed by atoms with Crippen LogP contribution in [0.25, 0.3) is 21.9 Å². The molecule has 0 aliphatic rings. The summed E-state index contributed by atoms with van der Waals surface area (Å²) in [7, 11) is 0. The largest absolute Gasteiger partial charge is 0.331 e. The van der Waals surface area contributed by atoms with Crippen molar-refractivity contribution < 1.29 is 0 Å². The van der Waals surface area contributed by atoms with Crippen LogP contribution >= 0.6 is 43.2 Å². The van der Waals surface area contributed by atoms with E-state index in [0.29, 0.717) is 5.82 Å². The SMILES string of the molecule is O=c1[nH]c(=O)c2[nH]c(-c3cc(Br)c(Br)s3)nc2[nH]1. The van der Waals surface area contributed by atoms with Crippen LogP contribution < -0.4 is 11.2 Å². The van der Waals surface area contributed by atoms with Gasteiger partial charge in [-0.1, -0.05) is 0 Å². The molecule has 3 N–H and O–H groups in total. The summed E-state index contributed by atoms with van der Waals surface area (Å²) in [5, 5.41) is 0. The fourth-order valence-corrected chi connectivity index (χ4v) is 3.49. The summed E-state index contributed by atoms with van der Waals surface area (Å²) < 4.78 is 1.84. The molecule has 0 aliphatic heterocycles. The van der Waals surface area contributed by atoms with Gasteiger partial charge in [-0.15, -0.1) is 11.3 Å². The Balaban J connectivity index is 2.28. The molecule has 3 rings (SSSR count). The molecule has 0 aromatic carbocycles. The van der Waals surface area contributed by atoms with Gasteiger partial charge in [-0.25, -0.2) is 9.78 Å². The first-order valence-electron chi connectivity index (χ1n) is 4.72. The van der Waals surface area contributed by atoms with Crippen molar-refractivity contribution in [3.63, 3.8) is 0 Å². The van der Waals surface area contributed by atoms with Gasteiger partial charge >= 0.3 is 5.69 Å². The number of aromatic amines is 3. The minimum Gasteiger partial charge on any atom is -0.331 e. The molecule has 0 fully saturated rings. The van der Waals surface area contributed by atoms with Gasteiger partial charge in [0.2, 0.25) is 0 Å². The average molecular weight is 392 g/mol. The summed E-state index contributed by atoms with van der Waals surface area (Å²) in [6, 6.07) is 1.87. The van der Waals surface area contributed by atoms with E-state index in [9.17, 15) is 9.59 Å². The highest BCUT2D eigenvalue weighted by Crippen LogP contribution is 2.37. The van der Waals surface area contributed by atoms with E-state index in [0.717, 1.165) is 13.1 Å². The molecule has 6 nitrogen and oxygen atoms in total. The lowest BCUT2D eigenvalue weighted by atomic mass is 10.4. The summed E-state index contributed by atoms with van der Waals surface area (Å²) in [6.45, 7) is 0. The topological polar surface area (TPSA) is 94.4 Å². The van der Waals surface area contributed by atoms with E-state index in [1.54, 1.807) is 0 Å². The first kappa shape index (κ1) is 11.9. The highest BCUT2D eigenvalue weighted by atomic mass is 79.9. The first-order chi connectivity index (χ1) is 8.54. The molecule has 92 valence electrons. The maximum Gasteiger partial charge on any atom is 0.327 e. The Hall–Kier alpha value is -1.19. The lowest BCUT2D eigenvalue weighted by molar-refractivity contribution is 1.07. The second-order valence-electron chi connectivity index (χ2n) is 3.45. The molecule has 9 heteroatoms. The average Bonchev–Trinajstić information content (AvgIpc) is 2.84. The number of hydrogen-bond acceptors (Lipinski definition) is 4. The van der Waals surface area contributed by atoms with Gasteiger partial charge in [-0.3, -0.25) is 14.8 Å². The molecule has 0 bridgehead atoms. The molecule has 0 unspecified atom stereocenters. The maximum atomic E-state index is 11.6. The summed E-state index contributed by atoms with van der Waals surface area (Å²) in [4.78, 5) is 35.2. The Morgan fingerprint density at radius 1 is 1.17 bits per heavy atom. The van der Waals surface area contributed by atoms with Gasteiger partial charge in [-0.05, 0) is 37.9 Å². The van der Waals surface area contributed by atoms with E-state index >= 15 is 0 Å². The number of aromatic nitrogens is 4. The summed E-state index contributed by atoms with van der Waals surface area (Å²) >= 11 is 8.23. The number of thiophene rings is 1. The van der Waals surface area contributed by atoms with E-state index in [4.69, 9.17) is 0 Å². The second kappa shape index (κ2) is 4.18. The molecule has 18 heavy (non-hydrogen) atoms. The normalized spacial score (nSPS) is 11.2. The highest BCUT2D eigenvalue weighted by molar-refractivity contribution is 9.13. The number of nitrogens with zero attached hydrogens (tertiary/aromatic N) is 1. The third-order valence-electron chi connectivity index (χ3n) is 2.27. The quantitative estimate of drug-likeness (QED) is 0.593. The van der Waals surface area contributed by atoms with Crippen molar-refractivity contribution in [2.75, 3.05) is 0 Å². The Labute approximate surface area is 120 Å². The minimum absolute atomic E-state index is 0.249. The van der Waals surface area contributed by atoms with Crippen LogP contribution in [0.15, 0.2) is 23.9 Å². The van der Waals surface area contributed by atoms with Crippen molar-refractivity contribution in [1.29, 1.82) is 0 Å². The van der Waals surface area contributed by atoms with Crippen LogP contribution in [-0.4, -0.2) is 19.9 Å². The Bertz CT molecular complexity index is 840. The summed E-state index contributed by atoms with van der Waals surface area (Å²) in [5.74, 6) is 0.536. The monoisotopic (exact) mass is 390 g/mol. The van der Waals surface area contributed by atoms with Gasteiger partial charge in [0.05, 0.1) is 8.66 Å². The standard InChI is InChI=1S/C9H4Br2N4O2S/c10-2-1-3(18-5(2)11)6-12-4-7(13-6)14-9(17)15-8(4)16/h1H,(H3,12,13,14,15,16,17). The van der Waals surface area contributed by atoms with E-state index in [1.165, 1.54) is 11.3 Å². The highest BCUT2D eigenvalue weighted by Gasteiger charge is 2.12. The van der Waals surface area contributed by atoms with Gasteiger partial charge in [-0.2, -0.15) is 0 Å². The third-order valence-corrected chi connectivity index (χ3v) is 5.53. The van der Waals surface area contributed by atoms with Crippen molar-refractivity contribution in [2.24, 2.45) is 0 Å². The molecule has 3 heterocycles. The maximum absolute atomic E-state index is 11.6. The predicted octanol–water partition coefficient (Wildman–Crippen LogP) is 2.19. The van der Waals surface area contributed by atoms with Crippen LogP contribution in [0.1, 0.15) is 0 Å².